The molecular formula is C48H94N4O6. The van der Waals surface area contributed by atoms with Crippen molar-refractivity contribution in [2.75, 3.05) is 80.2 Å². The predicted molar refractivity (Wildman–Crippen MR) is 241 cm³/mol. The van der Waals surface area contributed by atoms with Crippen molar-refractivity contribution in [1.82, 2.24) is 20.0 Å². The maximum atomic E-state index is 12.5. The molecule has 2 aliphatic rings. The SMILES string of the molecule is CCCCCCCCCCCCCOC(=O)CCN(CCC(=O)OCCCCCCCCCCCCC)CC1CCCN1C.COC(=O)CCNCC1CCCN1C. The van der Waals surface area contributed by atoms with Crippen molar-refractivity contribution in [2.45, 2.75) is 212 Å². The molecule has 0 bridgehead atoms. The van der Waals surface area contributed by atoms with Gasteiger partial charge in [-0.1, -0.05) is 142 Å². The number of hydrogen-bond acceptors (Lipinski definition) is 10. The molecule has 2 unspecified atom stereocenters. The summed E-state index contributed by atoms with van der Waals surface area (Å²) in [7, 11) is 5.76. The molecule has 2 atom stereocenters. The Bertz CT molecular complexity index is 926. The van der Waals surface area contributed by atoms with Gasteiger partial charge in [-0.3, -0.25) is 14.4 Å². The summed E-state index contributed by atoms with van der Waals surface area (Å²) in [6.45, 7) is 11.8. The van der Waals surface area contributed by atoms with E-state index in [1.165, 1.54) is 155 Å². The molecule has 0 aromatic carbocycles. The molecule has 0 spiro atoms. The molecular weight excluding hydrogens is 729 g/mol. The molecule has 58 heavy (non-hydrogen) atoms. The minimum atomic E-state index is -0.141. The normalized spacial score (nSPS) is 17.1. The standard InChI is InChI=1S/C38H74N2O4.C10H20N2O2/c1-4-6-8-10-12-14-16-18-20-22-24-33-43-37(41)28-31-40(35-36-27-26-30-39(36)3)32-29-38(42)44-34-25-23-21-19-17-15-13-11-9-7-5-2;1-12-7-3-4-9(12)8-11-6-5-10(13)14-2/h36H,4-35H2,1-3H3;9,11H,3-8H2,1-2H3. The molecule has 2 aliphatic heterocycles. The third kappa shape index (κ3) is 32.1. The van der Waals surface area contributed by atoms with Crippen LogP contribution in [0.5, 0.6) is 0 Å². The number of nitrogens with zero attached hydrogens (tertiary/aromatic N) is 3. The molecule has 2 heterocycles. The number of esters is 3. The van der Waals surface area contributed by atoms with Crippen molar-refractivity contribution >= 4 is 17.9 Å². The van der Waals surface area contributed by atoms with Crippen molar-refractivity contribution in [3.05, 3.63) is 0 Å². The van der Waals surface area contributed by atoms with Crippen molar-refractivity contribution in [2.24, 2.45) is 0 Å². The highest BCUT2D eigenvalue weighted by Gasteiger charge is 2.24. The lowest BCUT2D eigenvalue weighted by Gasteiger charge is -2.28. The number of likely N-dealkylation sites (N-methyl/N-ethyl adjacent to an activating group) is 2. The molecule has 0 aromatic rings. The summed E-state index contributed by atoms with van der Waals surface area (Å²) >= 11 is 0. The van der Waals surface area contributed by atoms with Gasteiger partial charge in [0.25, 0.3) is 0 Å². The Morgan fingerprint density at radius 1 is 0.552 bits per heavy atom. The first-order valence-corrected chi connectivity index (χ1v) is 24.5. The molecule has 1 N–H and O–H groups in total. The summed E-state index contributed by atoms with van der Waals surface area (Å²) in [6.07, 6.45) is 34.6. The van der Waals surface area contributed by atoms with E-state index >= 15 is 0 Å². The Balaban J connectivity index is 0.00000100. The summed E-state index contributed by atoms with van der Waals surface area (Å²) in [5, 5.41) is 3.28. The average molecular weight is 823 g/mol. The minimum Gasteiger partial charge on any atom is -0.469 e. The van der Waals surface area contributed by atoms with Gasteiger partial charge in [-0.2, -0.15) is 0 Å². The first kappa shape index (κ1) is 54.3. The number of hydrogen-bond donors (Lipinski definition) is 1. The summed E-state index contributed by atoms with van der Waals surface area (Å²) in [5.74, 6) is -0.362. The molecule has 0 aliphatic carbocycles. The lowest BCUT2D eigenvalue weighted by molar-refractivity contribution is -0.144. The van der Waals surface area contributed by atoms with Crippen LogP contribution in [0.25, 0.3) is 0 Å². The fourth-order valence-electron chi connectivity index (χ4n) is 8.15. The van der Waals surface area contributed by atoms with Crippen molar-refractivity contribution in [3.63, 3.8) is 0 Å². The zero-order valence-corrected chi connectivity index (χ0v) is 38.8. The summed E-state index contributed by atoms with van der Waals surface area (Å²) in [6, 6.07) is 1.14. The molecule has 10 nitrogen and oxygen atoms in total. The van der Waals surface area contributed by atoms with E-state index in [1.54, 1.807) is 0 Å². The van der Waals surface area contributed by atoms with E-state index in [1.807, 2.05) is 0 Å². The average Bonchev–Trinajstić information content (AvgIpc) is 3.84. The zero-order valence-electron chi connectivity index (χ0n) is 38.8. The Morgan fingerprint density at radius 3 is 1.33 bits per heavy atom. The number of ether oxygens (including phenoxy) is 3. The van der Waals surface area contributed by atoms with Crippen LogP contribution >= 0.6 is 0 Å². The molecule has 2 saturated heterocycles. The second kappa shape index (κ2) is 39.4. The third-order valence-electron chi connectivity index (χ3n) is 12.2. The Labute approximate surface area is 358 Å². The Morgan fingerprint density at radius 2 is 0.948 bits per heavy atom. The highest BCUT2D eigenvalue weighted by atomic mass is 16.5. The maximum absolute atomic E-state index is 12.5. The molecule has 2 fully saturated rings. The monoisotopic (exact) mass is 823 g/mol. The molecule has 0 aromatic heterocycles. The second-order valence-corrected chi connectivity index (χ2v) is 17.4. The Hall–Kier alpha value is -1.75. The quantitative estimate of drug-likeness (QED) is 0.0370. The van der Waals surface area contributed by atoms with E-state index in [0.717, 1.165) is 51.9 Å². The first-order valence-electron chi connectivity index (χ1n) is 24.5. The van der Waals surface area contributed by atoms with E-state index in [-0.39, 0.29) is 17.9 Å². The van der Waals surface area contributed by atoms with Crippen LogP contribution in [-0.2, 0) is 28.6 Å². The fraction of sp³-hybridized carbons (Fsp3) is 0.938. The van der Waals surface area contributed by atoms with Crippen molar-refractivity contribution < 1.29 is 28.6 Å². The third-order valence-corrected chi connectivity index (χ3v) is 12.2. The molecule has 2 rings (SSSR count). The summed E-state index contributed by atoms with van der Waals surface area (Å²) in [5.41, 5.74) is 0. The van der Waals surface area contributed by atoms with Gasteiger partial charge in [0.2, 0.25) is 0 Å². The van der Waals surface area contributed by atoms with Crippen molar-refractivity contribution in [1.29, 1.82) is 0 Å². The number of likely N-dealkylation sites (tertiary alicyclic amines) is 2. The van der Waals surface area contributed by atoms with Crippen LogP contribution in [0.4, 0.5) is 0 Å². The van der Waals surface area contributed by atoms with Crippen LogP contribution in [0, 0.1) is 0 Å². The molecule has 0 saturated carbocycles. The lowest BCUT2D eigenvalue weighted by atomic mass is 10.1. The van der Waals surface area contributed by atoms with Gasteiger partial charge in [-0.05, 0) is 65.7 Å². The van der Waals surface area contributed by atoms with E-state index < -0.39 is 0 Å². The van der Waals surface area contributed by atoms with Gasteiger partial charge in [0, 0.05) is 44.8 Å². The number of rotatable bonds is 37. The molecule has 0 radical (unpaired) electrons. The van der Waals surface area contributed by atoms with Crippen LogP contribution in [-0.4, -0.2) is 125 Å². The predicted octanol–water partition coefficient (Wildman–Crippen LogP) is 10.1. The zero-order chi connectivity index (χ0) is 42.3. The topological polar surface area (TPSA) is 101 Å². The number of carbonyl (C=O) groups is 3. The van der Waals surface area contributed by atoms with E-state index in [4.69, 9.17) is 9.47 Å². The van der Waals surface area contributed by atoms with Crippen LogP contribution in [0.3, 0.4) is 0 Å². The summed E-state index contributed by atoms with van der Waals surface area (Å²) < 4.78 is 15.7. The number of unbranched alkanes of at least 4 members (excludes halogenated alkanes) is 20. The second-order valence-electron chi connectivity index (χ2n) is 17.4. The molecule has 10 heteroatoms. The maximum Gasteiger partial charge on any atom is 0.307 e. The fourth-order valence-corrected chi connectivity index (χ4v) is 8.15. The van der Waals surface area contributed by atoms with Gasteiger partial charge in [0.15, 0.2) is 0 Å². The van der Waals surface area contributed by atoms with Gasteiger partial charge in [0.05, 0.1) is 39.6 Å². The molecule has 0 amide bonds. The number of nitrogens with one attached hydrogen (secondary N) is 1. The summed E-state index contributed by atoms with van der Waals surface area (Å²) in [4.78, 5) is 42.8. The van der Waals surface area contributed by atoms with Crippen LogP contribution < -0.4 is 5.32 Å². The highest BCUT2D eigenvalue weighted by Crippen LogP contribution is 2.17. The van der Waals surface area contributed by atoms with Crippen LogP contribution in [0.2, 0.25) is 0 Å². The van der Waals surface area contributed by atoms with Crippen LogP contribution in [0.1, 0.15) is 200 Å². The van der Waals surface area contributed by atoms with Crippen molar-refractivity contribution in [3.8, 4) is 0 Å². The van der Waals surface area contributed by atoms with Gasteiger partial charge in [0.1, 0.15) is 0 Å². The molecule has 342 valence electrons. The minimum absolute atomic E-state index is 0.110. The van der Waals surface area contributed by atoms with Gasteiger partial charge < -0.3 is 34.2 Å². The lowest BCUT2D eigenvalue weighted by Crippen LogP contribution is -2.40. The van der Waals surface area contributed by atoms with E-state index in [2.05, 4.69) is 52.7 Å². The van der Waals surface area contributed by atoms with E-state index in [0.29, 0.717) is 57.6 Å². The smallest absolute Gasteiger partial charge is 0.307 e. The van der Waals surface area contributed by atoms with E-state index in [9.17, 15) is 14.4 Å². The van der Waals surface area contributed by atoms with Gasteiger partial charge in [-0.25, -0.2) is 0 Å². The number of methoxy groups -OCH3 is 1. The largest absolute Gasteiger partial charge is 0.469 e. The van der Waals surface area contributed by atoms with Gasteiger partial charge >= 0.3 is 17.9 Å². The Kier molecular flexibility index (Phi) is 36.9. The first-order chi connectivity index (χ1) is 28.3. The number of carbonyl (C=O) groups excluding carboxylic acids is 3. The van der Waals surface area contributed by atoms with Crippen LogP contribution in [0.15, 0.2) is 0 Å². The highest BCUT2D eigenvalue weighted by molar-refractivity contribution is 5.70. The van der Waals surface area contributed by atoms with Gasteiger partial charge in [-0.15, -0.1) is 0 Å².